The maximum absolute atomic E-state index is 12.6. The Morgan fingerprint density at radius 3 is 2.83 bits per heavy atom. The zero-order chi connectivity index (χ0) is 21.1. The highest BCUT2D eigenvalue weighted by Gasteiger charge is 2.27. The lowest BCUT2D eigenvalue weighted by Gasteiger charge is -2.13. The molecule has 2 N–H and O–H groups in total. The van der Waals surface area contributed by atoms with Crippen LogP contribution in [0.2, 0.25) is 5.02 Å². The fourth-order valence-electron chi connectivity index (χ4n) is 3.13. The zero-order valence-corrected chi connectivity index (χ0v) is 17.9. The molecule has 0 atom stereocenters. The number of carbonyl (C=O) groups is 1. The van der Waals surface area contributed by atoms with Gasteiger partial charge in [0, 0.05) is 22.2 Å². The second-order valence-electron chi connectivity index (χ2n) is 6.97. The number of ether oxygens (including phenoxy) is 2. The molecule has 7 nitrogen and oxygen atoms in total. The van der Waals surface area contributed by atoms with Gasteiger partial charge in [0.2, 0.25) is 0 Å². The summed E-state index contributed by atoms with van der Waals surface area (Å²) in [5.41, 5.74) is 1.33. The molecular formula is C21H21ClN4O3S. The topological polar surface area (TPSA) is 81.2 Å². The fourth-order valence-corrected chi connectivity index (χ4v) is 3.62. The molecule has 0 spiro atoms. The smallest absolute Gasteiger partial charge is 0.251 e. The van der Waals surface area contributed by atoms with E-state index in [1.54, 1.807) is 18.2 Å². The minimum Gasteiger partial charge on any atom is -0.493 e. The van der Waals surface area contributed by atoms with Crippen molar-refractivity contribution in [2.24, 2.45) is 0 Å². The summed E-state index contributed by atoms with van der Waals surface area (Å²) in [6.07, 6.45) is 2.17. The van der Waals surface area contributed by atoms with Gasteiger partial charge < -0.3 is 14.8 Å². The Balaban J connectivity index is 1.42. The summed E-state index contributed by atoms with van der Waals surface area (Å²) in [5.74, 6) is 1.49. The van der Waals surface area contributed by atoms with E-state index in [2.05, 4.69) is 15.5 Å². The number of carbonyl (C=O) groups excluding carboxylic acids is 1. The number of nitrogens with zero attached hydrogens (tertiary/aromatic N) is 2. The Hall–Kier alpha value is -2.84. The van der Waals surface area contributed by atoms with Crippen LogP contribution in [-0.2, 0) is 13.2 Å². The molecule has 0 radical (unpaired) electrons. The predicted octanol–water partition coefficient (Wildman–Crippen LogP) is 4.45. The van der Waals surface area contributed by atoms with Crippen LogP contribution in [0.1, 0.15) is 40.6 Å². The average molecular weight is 445 g/mol. The molecule has 1 aliphatic rings. The Morgan fingerprint density at radius 2 is 2.10 bits per heavy atom. The summed E-state index contributed by atoms with van der Waals surface area (Å²) in [7, 11) is 1.53. The largest absolute Gasteiger partial charge is 0.493 e. The molecular weight excluding hydrogens is 424 g/mol. The van der Waals surface area contributed by atoms with Crippen LogP contribution in [0.25, 0.3) is 0 Å². The van der Waals surface area contributed by atoms with E-state index in [-0.39, 0.29) is 12.5 Å². The molecule has 1 aliphatic carbocycles. The van der Waals surface area contributed by atoms with Gasteiger partial charge in [0.15, 0.2) is 22.1 Å². The van der Waals surface area contributed by atoms with Gasteiger partial charge in [-0.15, -0.1) is 0 Å². The first kappa shape index (κ1) is 20.4. The van der Waals surface area contributed by atoms with Gasteiger partial charge in [-0.3, -0.25) is 14.5 Å². The van der Waals surface area contributed by atoms with Crippen LogP contribution < -0.4 is 14.8 Å². The summed E-state index contributed by atoms with van der Waals surface area (Å²) >= 11 is 11.4. The molecule has 30 heavy (non-hydrogen) atoms. The van der Waals surface area contributed by atoms with Gasteiger partial charge in [-0.2, -0.15) is 5.10 Å². The molecule has 1 fully saturated rings. The van der Waals surface area contributed by atoms with Crippen LogP contribution in [0, 0.1) is 4.77 Å². The number of halogens is 1. The molecule has 1 amide bonds. The number of nitrogens with one attached hydrogen (secondary N) is 2. The van der Waals surface area contributed by atoms with Crippen molar-refractivity contribution in [3.63, 3.8) is 0 Å². The van der Waals surface area contributed by atoms with Crippen molar-refractivity contribution < 1.29 is 14.3 Å². The minimum absolute atomic E-state index is 0.234. The maximum atomic E-state index is 12.6. The fraction of sp³-hybridized carbons (Fsp3) is 0.286. The van der Waals surface area contributed by atoms with Gasteiger partial charge in [0.05, 0.1) is 13.7 Å². The number of aromatic amines is 1. The third kappa shape index (κ3) is 4.49. The van der Waals surface area contributed by atoms with Crippen molar-refractivity contribution in [3.8, 4) is 11.5 Å². The quantitative estimate of drug-likeness (QED) is 0.502. The third-order valence-corrected chi connectivity index (χ3v) is 5.52. The van der Waals surface area contributed by atoms with Crippen LogP contribution >= 0.6 is 23.8 Å². The number of H-pyrrole nitrogens is 1. The van der Waals surface area contributed by atoms with Crippen LogP contribution in [0.3, 0.4) is 0 Å². The van der Waals surface area contributed by atoms with E-state index in [0.29, 0.717) is 39.5 Å². The number of benzene rings is 2. The van der Waals surface area contributed by atoms with E-state index in [1.807, 2.05) is 28.8 Å². The van der Waals surface area contributed by atoms with Gasteiger partial charge in [-0.25, -0.2) is 0 Å². The van der Waals surface area contributed by atoms with Crippen molar-refractivity contribution in [1.29, 1.82) is 0 Å². The maximum Gasteiger partial charge on any atom is 0.251 e. The van der Waals surface area contributed by atoms with Gasteiger partial charge in [-0.05, 0) is 49.3 Å². The number of aromatic nitrogens is 3. The Labute approximate surface area is 184 Å². The zero-order valence-electron chi connectivity index (χ0n) is 16.4. The highest BCUT2D eigenvalue weighted by molar-refractivity contribution is 7.71. The van der Waals surface area contributed by atoms with Crippen LogP contribution in [0.5, 0.6) is 11.5 Å². The second-order valence-corrected chi connectivity index (χ2v) is 7.77. The van der Waals surface area contributed by atoms with E-state index in [9.17, 15) is 4.79 Å². The summed E-state index contributed by atoms with van der Waals surface area (Å²) < 4.78 is 13.8. The molecule has 0 aliphatic heterocycles. The molecule has 1 saturated carbocycles. The van der Waals surface area contributed by atoms with E-state index in [0.717, 1.165) is 24.2 Å². The third-order valence-electron chi connectivity index (χ3n) is 4.86. The van der Waals surface area contributed by atoms with Crippen molar-refractivity contribution in [2.45, 2.75) is 32.0 Å². The molecule has 1 heterocycles. The van der Waals surface area contributed by atoms with E-state index >= 15 is 0 Å². The van der Waals surface area contributed by atoms with Gasteiger partial charge in [0.1, 0.15) is 6.61 Å². The standard InChI is InChI=1S/C21H21ClN4O3S/c1-28-18-10-13(6-9-17(18)29-12-14-4-2-3-5-16(14)22)20(27)23-11-19-24-25-21(30)26(19)15-7-8-15/h2-6,9-10,15H,7-8,11-12H2,1H3,(H,23,27)(H,25,30). The SMILES string of the molecule is COc1cc(C(=O)NCc2n[nH]c(=S)n2C2CC2)ccc1OCc1ccccc1Cl. The Morgan fingerprint density at radius 1 is 1.30 bits per heavy atom. The Bertz CT molecular complexity index is 1120. The predicted molar refractivity (Wildman–Crippen MR) is 116 cm³/mol. The molecule has 4 rings (SSSR count). The van der Waals surface area contributed by atoms with Gasteiger partial charge in [-0.1, -0.05) is 29.8 Å². The van der Waals surface area contributed by atoms with Crippen molar-refractivity contribution in [1.82, 2.24) is 20.1 Å². The molecule has 156 valence electrons. The van der Waals surface area contributed by atoms with E-state index < -0.39 is 0 Å². The normalized spacial score (nSPS) is 13.1. The van der Waals surface area contributed by atoms with E-state index in [4.69, 9.17) is 33.3 Å². The second kappa shape index (κ2) is 8.89. The number of hydrogen-bond donors (Lipinski definition) is 2. The average Bonchev–Trinajstić information content (AvgIpc) is 3.53. The molecule has 1 aromatic heterocycles. The summed E-state index contributed by atoms with van der Waals surface area (Å²) in [5, 5.41) is 10.5. The molecule has 9 heteroatoms. The van der Waals surface area contributed by atoms with Crippen LogP contribution in [-0.4, -0.2) is 27.8 Å². The van der Waals surface area contributed by atoms with Crippen LogP contribution in [0.15, 0.2) is 42.5 Å². The molecule has 3 aromatic rings. The summed E-state index contributed by atoms with van der Waals surface area (Å²) in [6, 6.07) is 12.9. The lowest BCUT2D eigenvalue weighted by Crippen LogP contribution is -2.24. The highest BCUT2D eigenvalue weighted by atomic mass is 35.5. The van der Waals surface area contributed by atoms with Crippen molar-refractivity contribution >= 4 is 29.7 Å². The first-order valence-corrected chi connectivity index (χ1v) is 10.3. The van der Waals surface area contributed by atoms with Crippen LogP contribution in [0.4, 0.5) is 0 Å². The first-order valence-electron chi connectivity index (χ1n) is 9.55. The minimum atomic E-state index is -0.234. The first-order chi connectivity index (χ1) is 14.6. The van der Waals surface area contributed by atoms with Gasteiger partial charge >= 0.3 is 0 Å². The number of amides is 1. The molecule has 0 saturated heterocycles. The number of rotatable bonds is 8. The van der Waals surface area contributed by atoms with Crippen molar-refractivity contribution in [2.75, 3.05) is 7.11 Å². The molecule has 0 bridgehead atoms. The van der Waals surface area contributed by atoms with E-state index in [1.165, 1.54) is 7.11 Å². The van der Waals surface area contributed by atoms with Gasteiger partial charge in [0.25, 0.3) is 5.91 Å². The monoisotopic (exact) mass is 444 g/mol. The lowest BCUT2D eigenvalue weighted by molar-refractivity contribution is 0.0949. The van der Waals surface area contributed by atoms with Crippen molar-refractivity contribution in [3.05, 3.63) is 69.2 Å². The highest BCUT2D eigenvalue weighted by Crippen LogP contribution is 2.35. The molecule has 0 unspecified atom stereocenters. The number of hydrogen-bond acceptors (Lipinski definition) is 5. The summed E-state index contributed by atoms with van der Waals surface area (Å²) in [6.45, 7) is 0.584. The number of methoxy groups -OCH3 is 1. The summed E-state index contributed by atoms with van der Waals surface area (Å²) in [4.78, 5) is 12.6. The Kier molecular flexibility index (Phi) is 6.06. The molecule has 2 aromatic carbocycles. The lowest BCUT2D eigenvalue weighted by atomic mass is 10.2.